The Morgan fingerprint density at radius 1 is 1.05 bits per heavy atom. The number of primary amides is 1. The minimum absolute atomic E-state index is 0.160. The maximum atomic E-state index is 13.1. The zero-order valence-electron chi connectivity index (χ0n) is 20.5. The monoisotopic (exact) mass is 566 g/mol. The summed E-state index contributed by atoms with van der Waals surface area (Å²) in [7, 11) is -3.38. The first-order chi connectivity index (χ1) is 18.1. The molecular formula is C27H23ClN4O4S2. The van der Waals surface area contributed by atoms with Crippen LogP contribution in [0.4, 0.5) is 5.69 Å². The summed E-state index contributed by atoms with van der Waals surface area (Å²) >= 11 is 7.81. The normalized spacial score (nSPS) is 12.5. The number of rotatable bonds is 6. The Hall–Kier alpha value is -3.60. The van der Waals surface area contributed by atoms with Crippen molar-refractivity contribution in [2.24, 2.45) is 5.73 Å². The molecule has 11 heteroatoms. The molecule has 0 saturated carbocycles. The number of anilines is 1. The fourth-order valence-electron chi connectivity index (χ4n) is 4.54. The molecule has 0 spiro atoms. The number of carbonyl (C=O) groups is 2. The SMILES string of the molecule is CSc1ccc(Cl)c(C(=O)Nc2ccc3c(c2)-c2c(c(C(N)=O)nn2-c2ccc(S(C)(=O)=O)cc2)CC3)c1. The average Bonchev–Trinajstić information content (AvgIpc) is 3.29. The summed E-state index contributed by atoms with van der Waals surface area (Å²) in [4.78, 5) is 26.4. The van der Waals surface area contributed by atoms with E-state index in [9.17, 15) is 18.0 Å². The van der Waals surface area contributed by atoms with Gasteiger partial charge in [-0.25, -0.2) is 13.1 Å². The molecule has 2 amide bonds. The standard InChI is InChI=1S/C27H23ClN4O4S2/c1-37-18-8-12-23(28)22(14-18)27(34)30-16-5-3-15-4-11-20-24(26(29)33)31-32(25(20)21(15)13-16)17-6-9-19(10-7-17)38(2,35)36/h3,5-10,12-14H,4,11H2,1-2H3,(H2,29,33)(H,30,34). The van der Waals surface area contributed by atoms with Gasteiger partial charge in [0, 0.05) is 28.0 Å². The lowest BCUT2D eigenvalue weighted by atomic mass is 9.88. The summed E-state index contributed by atoms with van der Waals surface area (Å²) in [6.07, 6.45) is 4.28. The Morgan fingerprint density at radius 3 is 2.45 bits per heavy atom. The topological polar surface area (TPSA) is 124 Å². The van der Waals surface area contributed by atoms with E-state index in [2.05, 4.69) is 10.4 Å². The van der Waals surface area contributed by atoms with Gasteiger partial charge in [0.1, 0.15) is 0 Å². The van der Waals surface area contributed by atoms with Crippen molar-refractivity contribution in [2.75, 3.05) is 17.8 Å². The third kappa shape index (κ3) is 4.82. The van der Waals surface area contributed by atoms with Crippen molar-refractivity contribution < 1.29 is 18.0 Å². The van der Waals surface area contributed by atoms with E-state index in [0.717, 1.165) is 22.3 Å². The fourth-order valence-corrected chi connectivity index (χ4v) is 5.81. The third-order valence-electron chi connectivity index (χ3n) is 6.41. The number of halogens is 1. The number of aromatic nitrogens is 2. The lowest BCUT2D eigenvalue weighted by molar-refractivity contribution is 0.0992. The zero-order chi connectivity index (χ0) is 27.2. The number of benzene rings is 3. The summed E-state index contributed by atoms with van der Waals surface area (Å²) in [5, 5.41) is 7.78. The molecule has 1 heterocycles. The summed E-state index contributed by atoms with van der Waals surface area (Å²) < 4.78 is 25.5. The van der Waals surface area contributed by atoms with E-state index in [1.165, 1.54) is 23.9 Å². The molecule has 1 aromatic heterocycles. The van der Waals surface area contributed by atoms with Crippen LogP contribution in [0.3, 0.4) is 0 Å². The summed E-state index contributed by atoms with van der Waals surface area (Å²) in [5.74, 6) is -0.992. The smallest absolute Gasteiger partial charge is 0.269 e. The zero-order valence-corrected chi connectivity index (χ0v) is 22.9. The van der Waals surface area contributed by atoms with Gasteiger partial charge in [-0.05, 0) is 79.3 Å². The molecule has 1 aliphatic carbocycles. The number of amides is 2. The van der Waals surface area contributed by atoms with Crippen molar-refractivity contribution in [3.8, 4) is 16.9 Å². The number of carbonyl (C=O) groups excluding carboxylic acids is 2. The van der Waals surface area contributed by atoms with Gasteiger partial charge in [0.05, 0.1) is 26.9 Å². The van der Waals surface area contributed by atoms with Crippen LogP contribution in [0.2, 0.25) is 5.02 Å². The average molecular weight is 567 g/mol. The van der Waals surface area contributed by atoms with E-state index < -0.39 is 15.7 Å². The van der Waals surface area contributed by atoms with Gasteiger partial charge < -0.3 is 11.1 Å². The molecule has 0 saturated heterocycles. The Kier molecular flexibility index (Phi) is 6.81. The number of fused-ring (bicyclic) bond motifs is 3. The fraction of sp³-hybridized carbons (Fsp3) is 0.148. The first-order valence-electron chi connectivity index (χ1n) is 11.6. The molecule has 0 radical (unpaired) electrons. The van der Waals surface area contributed by atoms with Crippen LogP contribution >= 0.6 is 23.4 Å². The first kappa shape index (κ1) is 26.0. The number of hydrogen-bond donors (Lipinski definition) is 2. The number of thioether (sulfide) groups is 1. The maximum absolute atomic E-state index is 13.1. The molecule has 5 rings (SSSR count). The van der Waals surface area contributed by atoms with Crippen molar-refractivity contribution in [1.29, 1.82) is 0 Å². The second kappa shape index (κ2) is 9.94. The lowest BCUT2D eigenvalue weighted by Gasteiger charge is -2.20. The molecular weight excluding hydrogens is 544 g/mol. The molecule has 38 heavy (non-hydrogen) atoms. The van der Waals surface area contributed by atoms with Crippen molar-refractivity contribution in [3.05, 3.63) is 88.1 Å². The molecule has 194 valence electrons. The second-order valence-electron chi connectivity index (χ2n) is 8.89. The van der Waals surface area contributed by atoms with E-state index in [1.54, 1.807) is 28.9 Å². The highest BCUT2D eigenvalue weighted by Gasteiger charge is 2.28. The van der Waals surface area contributed by atoms with E-state index in [4.69, 9.17) is 17.3 Å². The Labute approximate surface area is 229 Å². The molecule has 1 aliphatic rings. The van der Waals surface area contributed by atoms with E-state index in [1.807, 2.05) is 30.5 Å². The summed E-state index contributed by atoms with van der Waals surface area (Å²) in [6, 6.07) is 17.1. The Morgan fingerprint density at radius 2 is 1.79 bits per heavy atom. The van der Waals surface area contributed by atoms with Crippen LogP contribution < -0.4 is 11.1 Å². The number of nitrogens with one attached hydrogen (secondary N) is 1. The number of hydrogen-bond acceptors (Lipinski definition) is 6. The largest absolute Gasteiger partial charge is 0.364 e. The predicted molar refractivity (Wildman–Crippen MR) is 149 cm³/mol. The van der Waals surface area contributed by atoms with Gasteiger partial charge in [-0.15, -0.1) is 11.8 Å². The van der Waals surface area contributed by atoms with Crippen molar-refractivity contribution in [1.82, 2.24) is 9.78 Å². The highest BCUT2D eigenvalue weighted by molar-refractivity contribution is 7.98. The van der Waals surface area contributed by atoms with Gasteiger partial charge >= 0.3 is 0 Å². The maximum Gasteiger partial charge on any atom is 0.269 e. The summed E-state index contributed by atoms with van der Waals surface area (Å²) in [5.41, 5.74) is 10.5. The predicted octanol–water partition coefficient (Wildman–Crippen LogP) is 4.77. The quantitative estimate of drug-likeness (QED) is 0.324. The molecule has 4 aromatic rings. The first-order valence-corrected chi connectivity index (χ1v) is 15.1. The van der Waals surface area contributed by atoms with Gasteiger partial charge in [-0.3, -0.25) is 9.59 Å². The second-order valence-corrected chi connectivity index (χ2v) is 12.2. The minimum Gasteiger partial charge on any atom is -0.364 e. The van der Waals surface area contributed by atoms with Gasteiger partial charge in [0.25, 0.3) is 11.8 Å². The summed E-state index contributed by atoms with van der Waals surface area (Å²) in [6.45, 7) is 0. The molecule has 0 atom stereocenters. The van der Waals surface area contributed by atoms with Gasteiger partial charge in [-0.2, -0.15) is 5.10 Å². The molecule has 3 aromatic carbocycles. The van der Waals surface area contributed by atoms with Crippen LogP contribution in [0.25, 0.3) is 16.9 Å². The third-order valence-corrected chi connectivity index (χ3v) is 8.60. The van der Waals surface area contributed by atoms with E-state index >= 15 is 0 Å². The van der Waals surface area contributed by atoms with Crippen LogP contribution in [0.15, 0.2) is 70.5 Å². The highest BCUT2D eigenvalue weighted by atomic mass is 35.5. The van der Waals surface area contributed by atoms with Gasteiger partial charge in [-0.1, -0.05) is 17.7 Å². The van der Waals surface area contributed by atoms with Crippen LogP contribution in [-0.2, 0) is 22.7 Å². The minimum atomic E-state index is -3.38. The van der Waals surface area contributed by atoms with Gasteiger partial charge in [0.15, 0.2) is 15.5 Å². The molecule has 0 aliphatic heterocycles. The van der Waals surface area contributed by atoms with Gasteiger partial charge in [0.2, 0.25) is 0 Å². The number of sulfone groups is 1. The van der Waals surface area contributed by atoms with Crippen LogP contribution in [0, 0.1) is 0 Å². The number of aryl methyl sites for hydroxylation is 1. The van der Waals surface area contributed by atoms with Crippen LogP contribution in [0.5, 0.6) is 0 Å². The van der Waals surface area contributed by atoms with Crippen molar-refractivity contribution in [2.45, 2.75) is 22.6 Å². The molecule has 3 N–H and O–H groups in total. The van der Waals surface area contributed by atoms with Crippen LogP contribution in [-0.4, -0.2) is 42.5 Å². The Balaban J connectivity index is 1.59. The number of nitrogens with two attached hydrogens (primary N) is 1. The highest BCUT2D eigenvalue weighted by Crippen LogP contribution is 2.38. The van der Waals surface area contributed by atoms with Crippen molar-refractivity contribution in [3.63, 3.8) is 0 Å². The molecule has 0 fully saturated rings. The van der Waals surface area contributed by atoms with Crippen LogP contribution in [0.1, 0.15) is 32.0 Å². The Bertz CT molecular complexity index is 1710. The molecule has 0 bridgehead atoms. The van der Waals surface area contributed by atoms with Crippen molar-refractivity contribution >= 4 is 50.7 Å². The van der Waals surface area contributed by atoms with E-state index in [0.29, 0.717) is 46.1 Å². The molecule has 0 unspecified atom stereocenters. The van der Waals surface area contributed by atoms with E-state index in [-0.39, 0.29) is 16.5 Å². The lowest BCUT2D eigenvalue weighted by Crippen LogP contribution is -2.16. The molecule has 8 nitrogen and oxygen atoms in total. The number of nitrogens with zero attached hydrogens (tertiary/aromatic N) is 2.